The SMILES string of the molecule is Cc1nc(-c2ccc(N/C(=C3\C(=O)Nc4ccc([N+](=O)[O-])cc43)c3ccc(CCN)cc3)cc2)c[nH]1. The Labute approximate surface area is 207 Å². The molecule has 0 radical (unpaired) electrons. The third kappa shape index (κ3) is 4.47. The summed E-state index contributed by atoms with van der Waals surface area (Å²) in [6, 6.07) is 19.8. The van der Waals surface area contributed by atoms with Gasteiger partial charge in [0.15, 0.2) is 0 Å². The predicted octanol–water partition coefficient (Wildman–Crippen LogP) is 4.73. The zero-order chi connectivity index (χ0) is 25.2. The van der Waals surface area contributed by atoms with Crippen LogP contribution in [0.4, 0.5) is 17.1 Å². The maximum atomic E-state index is 13.1. The lowest BCUT2D eigenvalue weighted by atomic mass is 9.98. The van der Waals surface area contributed by atoms with E-state index in [-0.39, 0.29) is 11.6 Å². The van der Waals surface area contributed by atoms with Gasteiger partial charge in [-0.15, -0.1) is 0 Å². The van der Waals surface area contributed by atoms with Crippen molar-refractivity contribution in [3.05, 3.63) is 106 Å². The van der Waals surface area contributed by atoms with Gasteiger partial charge in [-0.05, 0) is 49.2 Å². The first kappa shape index (κ1) is 23.0. The lowest BCUT2D eigenvalue weighted by Gasteiger charge is -2.15. The van der Waals surface area contributed by atoms with E-state index in [4.69, 9.17) is 5.73 Å². The molecule has 36 heavy (non-hydrogen) atoms. The molecule has 0 fully saturated rings. The fourth-order valence-electron chi connectivity index (χ4n) is 4.24. The van der Waals surface area contributed by atoms with Gasteiger partial charge in [-0.2, -0.15) is 0 Å². The molecule has 0 saturated carbocycles. The van der Waals surface area contributed by atoms with Crippen molar-refractivity contribution < 1.29 is 9.72 Å². The van der Waals surface area contributed by atoms with Crippen LogP contribution in [0.25, 0.3) is 22.5 Å². The van der Waals surface area contributed by atoms with Gasteiger partial charge in [0.05, 0.1) is 21.9 Å². The molecule has 9 nitrogen and oxygen atoms in total. The molecule has 0 saturated heterocycles. The summed E-state index contributed by atoms with van der Waals surface area (Å²) in [4.78, 5) is 31.6. The number of carbonyl (C=O) groups excluding carboxylic acids is 1. The van der Waals surface area contributed by atoms with Crippen LogP contribution < -0.4 is 16.4 Å². The second kappa shape index (κ2) is 9.47. The molecular formula is C27H24N6O3. The van der Waals surface area contributed by atoms with Crippen molar-refractivity contribution in [2.24, 2.45) is 5.73 Å². The van der Waals surface area contributed by atoms with Gasteiger partial charge in [0, 0.05) is 40.8 Å². The summed E-state index contributed by atoms with van der Waals surface area (Å²) in [5.41, 5.74) is 11.9. The summed E-state index contributed by atoms with van der Waals surface area (Å²) in [6.07, 6.45) is 2.59. The van der Waals surface area contributed by atoms with E-state index >= 15 is 0 Å². The van der Waals surface area contributed by atoms with Crippen molar-refractivity contribution in [2.75, 3.05) is 17.2 Å². The molecule has 4 aromatic rings. The highest BCUT2D eigenvalue weighted by molar-refractivity contribution is 6.37. The van der Waals surface area contributed by atoms with Gasteiger partial charge < -0.3 is 21.4 Å². The van der Waals surface area contributed by atoms with E-state index in [0.29, 0.717) is 29.1 Å². The van der Waals surface area contributed by atoms with Crippen molar-refractivity contribution >= 4 is 34.2 Å². The highest BCUT2D eigenvalue weighted by atomic mass is 16.6. The number of aromatic nitrogens is 2. The number of benzene rings is 3. The van der Waals surface area contributed by atoms with E-state index < -0.39 is 4.92 Å². The summed E-state index contributed by atoms with van der Waals surface area (Å²) in [5, 5.41) is 17.6. The fraction of sp³-hybridized carbons (Fsp3) is 0.111. The number of hydrogen-bond donors (Lipinski definition) is 4. The van der Waals surface area contributed by atoms with E-state index in [1.807, 2.05) is 61.7 Å². The van der Waals surface area contributed by atoms with Crippen molar-refractivity contribution in [1.29, 1.82) is 0 Å². The highest BCUT2D eigenvalue weighted by Crippen LogP contribution is 2.39. The number of nitrogens with one attached hydrogen (secondary N) is 3. The van der Waals surface area contributed by atoms with Gasteiger partial charge in [-0.25, -0.2) is 4.98 Å². The van der Waals surface area contributed by atoms with Crippen molar-refractivity contribution in [1.82, 2.24) is 9.97 Å². The summed E-state index contributed by atoms with van der Waals surface area (Å²) in [5.74, 6) is 0.500. The molecule has 1 amide bonds. The van der Waals surface area contributed by atoms with Crippen LogP contribution in [-0.2, 0) is 11.2 Å². The number of aromatic amines is 1. The number of imidazole rings is 1. The number of nitro benzene ring substituents is 1. The summed E-state index contributed by atoms with van der Waals surface area (Å²) < 4.78 is 0. The Morgan fingerprint density at radius 2 is 1.83 bits per heavy atom. The molecule has 9 heteroatoms. The first-order valence-electron chi connectivity index (χ1n) is 11.5. The van der Waals surface area contributed by atoms with Crippen LogP contribution in [0.1, 0.15) is 22.5 Å². The number of anilines is 2. The largest absolute Gasteiger partial charge is 0.354 e. The second-order valence-electron chi connectivity index (χ2n) is 8.50. The topological polar surface area (TPSA) is 139 Å². The van der Waals surface area contributed by atoms with Gasteiger partial charge in [0.1, 0.15) is 5.82 Å². The van der Waals surface area contributed by atoms with E-state index in [1.54, 1.807) is 6.07 Å². The average molecular weight is 481 g/mol. The smallest absolute Gasteiger partial charge is 0.270 e. The fourth-order valence-corrected chi connectivity index (χ4v) is 4.24. The number of nitrogens with zero attached hydrogens (tertiary/aromatic N) is 2. The third-order valence-electron chi connectivity index (χ3n) is 6.04. The van der Waals surface area contributed by atoms with Crippen LogP contribution in [0.3, 0.4) is 0 Å². The number of nitrogens with two attached hydrogens (primary N) is 1. The molecule has 2 heterocycles. The second-order valence-corrected chi connectivity index (χ2v) is 8.50. The molecule has 3 aromatic carbocycles. The van der Waals surface area contributed by atoms with Crippen molar-refractivity contribution in [2.45, 2.75) is 13.3 Å². The Balaban J connectivity index is 1.60. The monoisotopic (exact) mass is 480 g/mol. The zero-order valence-electron chi connectivity index (χ0n) is 19.5. The molecule has 0 bridgehead atoms. The number of non-ortho nitro benzene ring substituents is 1. The lowest BCUT2D eigenvalue weighted by molar-refractivity contribution is -0.384. The van der Waals surface area contributed by atoms with Crippen LogP contribution in [-0.4, -0.2) is 27.3 Å². The number of nitro groups is 1. The van der Waals surface area contributed by atoms with Gasteiger partial charge in [-0.1, -0.05) is 36.4 Å². The van der Waals surface area contributed by atoms with Crippen LogP contribution in [0, 0.1) is 17.0 Å². The maximum Gasteiger partial charge on any atom is 0.270 e. The van der Waals surface area contributed by atoms with Crippen LogP contribution >= 0.6 is 0 Å². The van der Waals surface area contributed by atoms with Gasteiger partial charge in [-0.3, -0.25) is 14.9 Å². The quantitative estimate of drug-likeness (QED) is 0.171. The Hall–Kier alpha value is -4.76. The molecule has 0 unspecified atom stereocenters. The number of amides is 1. The normalized spacial score (nSPS) is 13.8. The number of aryl methyl sites for hydroxylation is 1. The van der Waals surface area contributed by atoms with E-state index in [2.05, 4.69) is 20.6 Å². The highest BCUT2D eigenvalue weighted by Gasteiger charge is 2.30. The number of H-pyrrole nitrogens is 1. The molecule has 0 atom stereocenters. The Bertz CT molecular complexity index is 1490. The minimum absolute atomic E-state index is 0.0842. The third-order valence-corrected chi connectivity index (χ3v) is 6.04. The molecule has 0 aliphatic carbocycles. The molecule has 1 aliphatic heterocycles. The molecular weight excluding hydrogens is 456 g/mol. The average Bonchev–Trinajstić information content (AvgIpc) is 3.45. The number of carbonyl (C=O) groups is 1. The molecule has 5 rings (SSSR count). The number of hydrogen-bond acceptors (Lipinski definition) is 6. The molecule has 5 N–H and O–H groups in total. The summed E-state index contributed by atoms with van der Waals surface area (Å²) >= 11 is 0. The van der Waals surface area contributed by atoms with Crippen LogP contribution in [0.15, 0.2) is 72.9 Å². The van der Waals surface area contributed by atoms with Gasteiger partial charge in [0.2, 0.25) is 0 Å². The van der Waals surface area contributed by atoms with E-state index in [1.165, 1.54) is 12.1 Å². The lowest BCUT2D eigenvalue weighted by Crippen LogP contribution is -2.10. The Kier molecular flexibility index (Phi) is 6.05. The Morgan fingerprint density at radius 3 is 2.47 bits per heavy atom. The van der Waals surface area contributed by atoms with Crippen molar-refractivity contribution in [3.63, 3.8) is 0 Å². The summed E-state index contributed by atoms with van der Waals surface area (Å²) in [6.45, 7) is 2.43. The Morgan fingerprint density at radius 1 is 1.08 bits per heavy atom. The minimum atomic E-state index is -0.467. The van der Waals surface area contributed by atoms with Gasteiger partial charge in [0.25, 0.3) is 11.6 Å². The molecule has 0 spiro atoms. The minimum Gasteiger partial charge on any atom is -0.354 e. The standard InChI is InChI=1S/C27H24N6O3/c1-16-29-15-24(30-16)18-6-8-20(9-7-18)31-26(19-4-2-17(3-5-19)12-13-28)25-22-14-21(33(35)36)10-11-23(22)32-27(25)34/h2-11,14-15,31H,12-13,28H2,1H3,(H,29,30)(H,32,34)/b26-25-. The zero-order valence-corrected chi connectivity index (χ0v) is 19.5. The van der Waals surface area contributed by atoms with Crippen LogP contribution in [0.2, 0.25) is 0 Å². The molecule has 1 aliphatic rings. The maximum absolute atomic E-state index is 13.1. The molecule has 1 aromatic heterocycles. The number of rotatable bonds is 7. The first-order valence-corrected chi connectivity index (χ1v) is 11.5. The molecule has 180 valence electrons. The van der Waals surface area contributed by atoms with Crippen LogP contribution in [0.5, 0.6) is 0 Å². The van der Waals surface area contributed by atoms with E-state index in [0.717, 1.165) is 40.3 Å². The van der Waals surface area contributed by atoms with Crippen molar-refractivity contribution in [3.8, 4) is 11.3 Å². The summed E-state index contributed by atoms with van der Waals surface area (Å²) in [7, 11) is 0. The van der Waals surface area contributed by atoms with Gasteiger partial charge >= 0.3 is 0 Å². The predicted molar refractivity (Wildman–Crippen MR) is 140 cm³/mol. The first-order chi connectivity index (χ1) is 17.4. The number of fused-ring (bicyclic) bond motifs is 1. The van der Waals surface area contributed by atoms with E-state index in [9.17, 15) is 14.9 Å².